The van der Waals surface area contributed by atoms with Gasteiger partial charge in [0.1, 0.15) is 0 Å². The Hall–Kier alpha value is -2.09. The summed E-state index contributed by atoms with van der Waals surface area (Å²) in [5.41, 5.74) is 12.0. The molecule has 2 aromatic carbocycles. The molecule has 0 saturated heterocycles. The smallest absolute Gasteiger partial charge is 0.231 e. The highest BCUT2D eigenvalue weighted by atomic mass is 32.2. The van der Waals surface area contributed by atoms with Gasteiger partial charge in [-0.3, -0.25) is 0 Å². The molecule has 126 valence electrons. The topological polar surface area (TPSA) is 105 Å². The van der Waals surface area contributed by atoms with E-state index in [1.807, 2.05) is 6.07 Å². The first-order valence-corrected chi connectivity index (χ1v) is 9.20. The number of hydrogen-bond acceptors (Lipinski definition) is 6. The van der Waals surface area contributed by atoms with E-state index in [0.717, 1.165) is 5.56 Å². The quantitative estimate of drug-likeness (QED) is 0.856. The van der Waals surface area contributed by atoms with Crippen LogP contribution in [0.2, 0.25) is 0 Å². The monoisotopic (exact) mass is 346 g/mol. The van der Waals surface area contributed by atoms with E-state index in [4.69, 9.17) is 20.9 Å². The van der Waals surface area contributed by atoms with Crippen molar-refractivity contribution in [1.82, 2.24) is 0 Å². The summed E-state index contributed by atoms with van der Waals surface area (Å²) in [6.45, 7) is 0.253. The third-order valence-electron chi connectivity index (χ3n) is 4.82. The Balaban J connectivity index is 1.74. The number of sulfone groups is 1. The summed E-state index contributed by atoms with van der Waals surface area (Å²) in [5.74, 6) is 0.883. The van der Waals surface area contributed by atoms with Crippen molar-refractivity contribution in [3.05, 3.63) is 54.1 Å². The fraction of sp³-hybridized carbons (Fsp3) is 0.294. The maximum absolute atomic E-state index is 13.0. The van der Waals surface area contributed by atoms with Gasteiger partial charge >= 0.3 is 0 Å². The van der Waals surface area contributed by atoms with Crippen LogP contribution in [0.15, 0.2) is 53.4 Å². The minimum atomic E-state index is -3.57. The van der Waals surface area contributed by atoms with Gasteiger partial charge in [0.2, 0.25) is 6.79 Å². The molecule has 1 aliphatic heterocycles. The summed E-state index contributed by atoms with van der Waals surface area (Å²) in [4.78, 5) is 0.265. The highest BCUT2D eigenvalue weighted by Crippen LogP contribution is 2.56. The maximum Gasteiger partial charge on any atom is 0.231 e. The Morgan fingerprint density at radius 1 is 1.08 bits per heavy atom. The molecule has 1 fully saturated rings. The summed E-state index contributed by atoms with van der Waals surface area (Å²) in [7, 11) is -3.57. The van der Waals surface area contributed by atoms with Crippen molar-refractivity contribution in [3.63, 3.8) is 0 Å². The lowest BCUT2D eigenvalue weighted by molar-refractivity contribution is 0.174. The second kappa shape index (κ2) is 5.20. The normalized spacial score (nSPS) is 27.9. The van der Waals surface area contributed by atoms with E-state index >= 15 is 0 Å². The molecule has 1 heterocycles. The van der Waals surface area contributed by atoms with Crippen LogP contribution in [0.3, 0.4) is 0 Å². The predicted octanol–water partition coefficient (Wildman–Crippen LogP) is 1.01. The van der Waals surface area contributed by atoms with Gasteiger partial charge in [-0.05, 0) is 29.8 Å². The lowest BCUT2D eigenvalue weighted by atomic mass is 10.1. The van der Waals surface area contributed by atoms with Crippen LogP contribution in [0.5, 0.6) is 11.5 Å². The maximum atomic E-state index is 13.0. The van der Waals surface area contributed by atoms with Gasteiger partial charge in [0, 0.05) is 12.5 Å². The van der Waals surface area contributed by atoms with Crippen molar-refractivity contribution < 1.29 is 17.9 Å². The zero-order valence-electron chi connectivity index (χ0n) is 12.9. The zero-order chi connectivity index (χ0) is 16.9. The van der Waals surface area contributed by atoms with Crippen LogP contribution in [0.25, 0.3) is 0 Å². The molecule has 0 aromatic heterocycles. The molecule has 1 saturated carbocycles. The van der Waals surface area contributed by atoms with Crippen LogP contribution in [-0.2, 0) is 9.84 Å². The molecule has 0 radical (unpaired) electrons. The third-order valence-corrected chi connectivity index (χ3v) is 7.13. The second-order valence-electron chi connectivity index (χ2n) is 6.19. The highest BCUT2D eigenvalue weighted by Gasteiger charge is 2.68. The zero-order valence-corrected chi connectivity index (χ0v) is 13.7. The van der Waals surface area contributed by atoms with Crippen molar-refractivity contribution in [2.24, 2.45) is 11.5 Å². The van der Waals surface area contributed by atoms with Gasteiger partial charge in [0.25, 0.3) is 0 Å². The molecule has 24 heavy (non-hydrogen) atoms. The van der Waals surface area contributed by atoms with Crippen LogP contribution in [0.1, 0.15) is 11.5 Å². The van der Waals surface area contributed by atoms with Gasteiger partial charge in [-0.2, -0.15) is 0 Å². The first-order valence-electron chi connectivity index (χ1n) is 7.66. The molecule has 7 heteroatoms. The van der Waals surface area contributed by atoms with Crippen LogP contribution < -0.4 is 20.9 Å². The molecule has 2 aliphatic rings. The molecule has 3 atom stereocenters. The van der Waals surface area contributed by atoms with Crippen LogP contribution >= 0.6 is 0 Å². The largest absolute Gasteiger partial charge is 0.454 e. The van der Waals surface area contributed by atoms with Crippen molar-refractivity contribution in [3.8, 4) is 11.5 Å². The minimum Gasteiger partial charge on any atom is -0.454 e. The van der Waals surface area contributed by atoms with Crippen LogP contribution in [0, 0.1) is 0 Å². The average Bonchev–Trinajstić information content (AvgIpc) is 3.00. The van der Waals surface area contributed by atoms with Gasteiger partial charge in [0.15, 0.2) is 21.3 Å². The molecule has 0 amide bonds. The summed E-state index contributed by atoms with van der Waals surface area (Å²) >= 11 is 0. The molecule has 0 bridgehead atoms. The van der Waals surface area contributed by atoms with E-state index in [-0.39, 0.29) is 24.2 Å². The van der Waals surface area contributed by atoms with Crippen molar-refractivity contribution >= 4 is 9.84 Å². The molecule has 4 rings (SSSR count). The Labute approximate surface area is 140 Å². The van der Waals surface area contributed by atoms with Crippen molar-refractivity contribution in [2.45, 2.75) is 21.6 Å². The summed E-state index contributed by atoms with van der Waals surface area (Å²) in [6.07, 6.45) is 0. The molecule has 1 aliphatic carbocycles. The summed E-state index contributed by atoms with van der Waals surface area (Å²) < 4.78 is 36.7. The predicted molar refractivity (Wildman–Crippen MR) is 88.7 cm³/mol. The van der Waals surface area contributed by atoms with E-state index < -0.39 is 20.6 Å². The lowest BCUT2D eigenvalue weighted by Gasteiger charge is -2.09. The van der Waals surface area contributed by atoms with Gasteiger partial charge < -0.3 is 20.9 Å². The van der Waals surface area contributed by atoms with E-state index in [1.54, 1.807) is 42.5 Å². The molecule has 2 aromatic rings. The van der Waals surface area contributed by atoms with Gasteiger partial charge in [-0.1, -0.05) is 24.3 Å². The van der Waals surface area contributed by atoms with E-state index in [9.17, 15) is 8.42 Å². The van der Waals surface area contributed by atoms with Crippen LogP contribution in [-0.4, -0.2) is 32.5 Å². The fourth-order valence-electron chi connectivity index (χ4n) is 3.48. The SMILES string of the molecule is NC[C@]1(N)[C@H](c2ccc3c(c2)OCO3)[C@@H]1S(=O)(=O)c1ccccc1. The number of hydrogen-bond donors (Lipinski definition) is 2. The summed E-state index contributed by atoms with van der Waals surface area (Å²) in [5, 5.41) is -0.752. The fourth-order valence-corrected chi connectivity index (χ4v) is 5.82. The van der Waals surface area contributed by atoms with Crippen molar-refractivity contribution in [1.29, 1.82) is 0 Å². The molecular formula is C17H18N2O4S. The molecule has 4 N–H and O–H groups in total. The van der Waals surface area contributed by atoms with Gasteiger partial charge in [0.05, 0.1) is 15.7 Å². The number of rotatable bonds is 4. The van der Waals surface area contributed by atoms with E-state index in [0.29, 0.717) is 11.5 Å². The lowest BCUT2D eigenvalue weighted by Crippen LogP contribution is -2.39. The second-order valence-corrected chi connectivity index (χ2v) is 8.25. The van der Waals surface area contributed by atoms with Gasteiger partial charge in [-0.25, -0.2) is 8.42 Å². The Kier molecular flexibility index (Phi) is 3.35. The number of ether oxygens (including phenoxy) is 2. The van der Waals surface area contributed by atoms with Crippen LogP contribution in [0.4, 0.5) is 0 Å². The Morgan fingerprint density at radius 3 is 2.50 bits per heavy atom. The minimum absolute atomic E-state index is 0.0861. The van der Waals surface area contributed by atoms with E-state index in [2.05, 4.69) is 0 Å². The molecular weight excluding hydrogens is 328 g/mol. The molecule has 0 spiro atoms. The first kappa shape index (κ1) is 15.4. The standard InChI is InChI=1S/C17H18N2O4S/c18-9-17(19)15(11-6-7-13-14(8-11)23-10-22-13)16(17)24(20,21)12-4-2-1-3-5-12/h1-8,15-16H,9-10,18-19H2/t15-,16+,17+/m1/s1. The van der Waals surface area contributed by atoms with E-state index in [1.165, 1.54) is 0 Å². The highest BCUT2D eigenvalue weighted by molar-refractivity contribution is 7.92. The Morgan fingerprint density at radius 2 is 1.79 bits per heavy atom. The van der Waals surface area contributed by atoms with Crippen molar-refractivity contribution in [2.75, 3.05) is 13.3 Å². The summed E-state index contributed by atoms with van der Waals surface area (Å²) in [6, 6.07) is 13.7. The number of nitrogens with two attached hydrogens (primary N) is 2. The average molecular weight is 346 g/mol. The Bertz CT molecular complexity index is 885. The number of benzene rings is 2. The number of fused-ring (bicyclic) bond motifs is 1. The molecule has 0 unspecified atom stereocenters. The van der Waals surface area contributed by atoms with Gasteiger partial charge in [-0.15, -0.1) is 0 Å². The third kappa shape index (κ3) is 2.12. The molecule has 6 nitrogen and oxygen atoms in total. The first-order chi connectivity index (χ1) is 11.5.